The number of thioether (sulfide) groups is 1. The van der Waals surface area contributed by atoms with Crippen LogP contribution < -0.4 is 11.1 Å². The van der Waals surface area contributed by atoms with Gasteiger partial charge in [-0.1, -0.05) is 42.1 Å². The zero-order valence-corrected chi connectivity index (χ0v) is 17.1. The highest BCUT2D eigenvalue weighted by atomic mass is 32.2. The second kappa shape index (κ2) is 8.98. The first-order valence-corrected chi connectivity index (χ1v) is 10.3. The van der Waals surface area contributed by atoms with Crippen molar-refractivity contribution in [3.8, 4) is 11.3 Å². The van der Waals surface area contributed by atoms with Crippen molar-refractivity contribution in [2.45, 2.75) is 30.2 Å². The van der Waals surface area contributed by atoms with Gasteiger partial charge < -0.3 is 15.6 Å². The Hall–Kier alpha value is -2.72. The van der Waals surface area contributed by atoms with Crippen LogP contribution in [0.1, 0.15) is 19.2 Å². The second-order valence-corrected chi connectivity index (χ2v) is 8.24. The first-order valence-electron chi connectivity index (χ1n) is 8.59. The van der Waals surface area contributed by atoms with E-state index < -0.39 is 5.25 Å². The van der Waals surface area contributed by atoms with E-state index in [1.54, 1.807) is 18.5 Å². The summed E-state index contributed by atoms with van der Waals surface area (Å²) < 4.78 is 1.77. The van der Waals surface area contributed by atoms with Crippen LogP contribution >= 0.6 is 23.1 Å². The summed E-state index contributed by atoms with van der Waals surface area (Å²) in [6, 6.07) is 9.80. The van der Waals surface area contributed by atoms with Crippen LogP contribution in [-0.2, 0) is 23.1 Å². The number of aryl methyl sites for hydroxylation is 1. The molecule has 1 atom stereocenters. The van der Waals surface area contributed by atoms with Gasteiger partial charge in [0.05, 0.1) is 10.9 Å². The fourth-order valence-electron chi connectivity index (χ4n) is 2.39. The molecule has 2 heterocycles. The topological polar surface area (TPSA) is 116 Å². The van der Waals surface area contributed by atoms with Gasteiger partial charge in [-0.25, -0.2) is 4.98 Å². The molecule has 146 valence electrons. The first-order chi connectivity index (χ1) is 13.4. The molecule has 0 fully saturated rings. The summed E-state index contributed by atoms with van der Waals surface area (Å²) in [4.78, 5) is 27.9. The number of primary amides is 1. The number of carbonyl (C=O) groups is 2. The SMILES string of the molecule is C[C@@H](Sc1nnc(CCC(N)=O)n1C)C(=O)Nc1nc(-c2ccccc2)cs1. The molecule has 0 bridgehead atoms. The number of thiazole rings is 1. The smallest absolute Gasteiger partial charge is 0.239 e. The van der Waals surface area contributed by atoms with Crippen molar-refractivity contribution in [1.82, 2.24) is 19.7 Å². The van der Waals surface area contributed by atoms with E-state index in [1.165, 1.54) is 23.1 Å². The lowest BCUT2D eigenvalue weighted by Crippen LogP contribution is -2.22. The number of amides is 2. The van der Waals surface area contributed by atoms with E-state index in [-0.39, 0.29) is 18.2 Å². The van der Waals surface area contributed by atoms with E-state index in [1.807, 2.05) is 35.7 Å². The molecule has 2 aromatic heterocycles. The summed E-state index contributed by atoms with van der Waals surface area (Å²) in [7, 11) is 1.80. The van der Waals surface area contributed by atoms with E-state index in [0.29, 0.717) is 22.5 Å². The van der Waals surface area contributed by atoms with Gasteiger partial charge in [-0.15, -0.1) is 21.5 Å². The number of aromatic nitrogens is 4. The Balaban J connectivity index is 1.60. The molecule has 3 N–H and O–H groups in total. The van der Waals surface area contributed by atoms with Crippen molar-refractivity contribution < 1.29 is 9.59 Å². The molecule has 0 unspecified atom stereocenters. The Morgan fingerprint density at radius 2 is 2.04 bits per heavy atom. The van der Waals surface area contributed by atoms with E-state index in [2.05, 4.69) is 20.5 Å². The maximum atomic E-state index is 12.5. The number of rotatable bonds is 8. The first kappa shape index (κ1) is 20.0. The molecule has 0 aliphatic heterocycles. The zero-order chi connectivity index (χ0) is 20.1. The number of nitrogens with zero attached hydrogens (tertiary/aromatic N) is 4. The third-order valence-electron chi connectivity index (χ3n) is 3.98. The number of nitrogens with one attached hydrogen (secondary N) is 1. The summed E-state index contributed by atoms with van der Waals surface area (Å²) >= 11 is 2.68. The predicted molar refractivity (Wildman–Crippen MR) is 110 cm³/mol. The summed E-state index contributed by atoms with van der Waals surface area (Å²) in [5.74, 6) is 0.102. The largest absolute Gasteiger partial charge is 0.370 e. The maximum Gasteiger partial charge on any atom is 0.239 e. The minimum atomic E-state index is -0.393. The van der Waals surface area contributed by atoms with Gasteiger partial charge in [-0.2, -0.15) is 0 Å². The Kier molecular flexibility index (Phi) is 6.42. The molecule has 10 heteroatoms. The molecular weight excluding hydrogens is 396 g/mol. The fourth-order valence-corrected chi connectivity index (χ4v) is 3.95. The van der Waals surface area contributed by atoms with Gasteiger partial charge in [0.2, 0.25) is 11.8 Å². The van der Waals surface area contributed by atoms with Crippen LogP contribution in [0.2, 0.25) is 0 Å². The van der Waals surface area contributed by atoms with Gasteiger partial charge in [0, 0.05) is 30.8 Å². The maximum absolute atomic E-state index is 12.5. The Bertz CT molecular complexity index is 970. The molecule has 8 nitrogen and oxygen atoms in total. The Morgan fingerprint density at radius 1 is 1.29 bits per heavy atom. The molecule has 0 aliphatic carbocycles. The third-order valence-corrected chi connectivity index (χ3v) is 5.87. The normalized spacial score (nSPS) is 11.9. The van der Waals surface area contributed by atoms with Crippen molar-refractivity contribution in [2.24, 2.45) is 12.8 Å². The molecule has 3 aromatic rings. The van der Waals surface area contributed by atoms with Crippen molar-refractivity contribution in [3.05, 3.63) is 41.5 Å². The molecule has 3 rings (SSSR count). The fraction of sp³-hybridized carbons (Fsp3) is 0.278. The van der Waals surface area contributed by atoms with Crippen LogP contribution in [-0.4, -0.2) is 36.8 Å². The lowest BCUT2D eigenvalue weighted by Gasteiger charge is -2.10. The number of anilines is 1. The highest BCUT2D eigenvalue weighted by molar-refractivity contribution is 8.00. The minimum absolute atomic E-state index is 0.166. The molecule has 0 radical (unpaired) electrons. The van der Waals surface area contributed by atoms with Crippen LogP contribution in [0.5, 0.6) is 0 Å². The van der Waals surface area contributed by atoms with E-state index in [9.17, 15) is 9.59 Å². The predicted octanol–water partition coefficient (Wildman–Crippen LogP) is 2.48. The lowest BCUT2D eigenvalue weighted by molar-refractivity contribution is -0.118. The zero-order valence-electron chi connectivity index (χ0n) is 15.5. The molecule has 28 heavy (non-hydrogen) atoms. The minimum Gasteiger partial charge on any atom is -0.370 e. The summed E-state index contributed by atoms with van der Waals surface area (Å²) in [6.45, 7) is 1.80. The number of nitrogens with two attached hydrogens (primary N) is 1. The summed E-state index contributed by atoms with van der Waals surface area (Å²) in [5.41, 5.74) is 7.00. The van der Waals surface area contributed by atoms with Crippen molar-refractivity contribution in [1.29, 1.82) is 0 Å². The number of benzene rings is 1. The van der Waals surface area contributed by atoms with Gasteiger partial charge in [0.1, 0.15) is 5.82 Å². The van der Waals surface area contributed by atoms with Gasteiger partial charge in [-0.05, 0) is 6.92 Å². The van der Waals surface area contributed by atoms with Crippen molar-refractivity contribution in [3.63, 3.8) is 0 Å². The average Bonchev–Trinajstić information content (AvgIpc) is 3.28. The molecule has 2 amide bonds. The molecule has 0 aliphatic rings. The van der Waals surface area contributed by atoms with Gasteiger partial charge >= 0.3 is 0 Å². The van der Waals surface area contributed by atoms with Crippen molar-refractivity contribution >= 4 is 40.0 Å². The van der Waals surface area contributed by atoms with Crippen LogP contribution in [0, 0.1) is 0 Å². The Labute approximate surface area is 170 Å². The highest BCUT2D eigenvalue weighted by Crippen LogP contribution is 2.26. The number of carbonyl (C=O) groups excluding carboxylic acids is 2. The molecule has 0 spiro atoms. The molecule has 0 saturated carbocycles. The van der Waals surface area contributed by atoms with Crippen LogP contribution in [0.3, 0.4) is 0 Å². The van der Waals surface area contributed by atoms with Gasteiger partial charge in [0.25, 0.3) is 0 Å². The highest BCUT2D eigenvalue weighted by Gasteiger charge is 2.20. The number of hydrogen-bond donors (Lipinski definition) is 2. The summed E-state index contributed by atoms with van der Waals surface area (Å²) in [5, 5.41) is 13.7. The van der Waals surface area contributed by atoms with Gasteiger partial charge in [-0.3, -0.25) is 9.59 Å². The second-order valence-electron chi connectivity index (χ2n) is 6.08. The van der Waals surface area contributed by atoms with E-state index >= 15 is 0 Å². The van der Waals surface area contributed by atoms with E-state index in [4.69, 9.17) is 5.73 Å². The van der Waals surface area contributed by atoms with Gasteiger partial charge in [0.15, 0.2) is 10.3 Å². The Morgan fingerprint density at radius 3 is 2.75 bits per heavy atom. The van der Waals surface area contributed by atoms with Crippen LogP contribution in [0.25, 0.3) is 11.3 Å². The van der Waals surface area contributed by atoms with Crippen LogP contribution in [0.4, 0.5) is 5.13 Å². The third kappa shape index (κ3) is 4.96. The van der Waals surface area contributed by atoms with Crippen molar-refractivity contribution in [2.75, 3.05) is 5.32 Å². The lowest BCUT2D eigenvalue weighted by atomic mass is 10.2. The molecule has 1 aromatic carbocycles. The van der Waals surface area contributed by atoms with Crippen LogP contribution in [0.15, 0.2) is 40.9 Å². The number of hydrogen-bond acceptors (Lipinski definition) is 7. The monoisotopic (exact) mass is 416 g/mol. The molecule has 0 saturated heterocycles. The quantitative estimate of drug-likeness (QED) is 0.545. The van der Waals surface area contributed by atoms with E-state index in [0.717, 1.165) is 11.3 Å². The average molecular weight is 417 g/mol. The summed E-state index contributed by atoms with van der Waals surface area (Å²) in [6.07, 6.45) is 0.627. The molecular formula is C18H20N6O2S2. The standard InChI is InChI=1S/C18H20N6O2S2/c1-11(28-18-23-22-15(24(18)2)9-8-14(19)25)16(26)21-17-20-13(10-27-17)12-6-4-3-5-7-12/h3-7,10-11H,8-9H2,1-2H3,(H2,19,25)(H,20,21,26)/t11-/m1/s1.